The molecular weight excluding hydrogens is 318 g/mol. The molecule has 0 saturated carbocycles. The van der Waals surface area contributed by atoms with Crippen molar-refractivity contribution in [2.24, 2.45) is 0 Å². The van der Waals surface area contributed by atoms with Crippen LogP contribution in [-0.2, 0) is 13.1 Å². The number of rotatable bonds is 8. The van der Waals surface area contributed by atoms with E-state index in [0.29, 0.717) is 13.1 Å². The molecule has 0 amide bonds. The van der Waals surface area contributed by atoms with Crippen LogP contribution in [-0.4, -0.2) is 38.4 Å². The second-order valence-electron chi connectivity index (χ2n) is 5.86. The predicted octanol–water partition coefficient (Wildman–Crippen LogP) is 2.30. The molecule has 0 aliphatic carbocycles. The van der Waals surface area contributed by atoms with Gasteiger partial charge in [-0.3, -0.25) is 9.36 Å². The molecule has 3 aromatic rings. The Morgan fingerprint density at radius 3 is 2.88 bits per heavy atom. The Labute approximate surface area is 146 Å². The Morgan fingerprint density at radius 2 is 2.16 bits per heavy atom. The van der Waals surface area contributed by atoms with Gasteiger partial charge in [0.15, 0.2) is 0 Å². The molecule has 7 heteroatoms. The Morgan fingerprint density at radius 1 is 1.28 bits per heavy atom. The molecule has 2 N–H and O–H groups in total. The van der Waals surface area contributed by atoms with Crippen LogP contribution in [0.1, 0.15) is 24.1 Å². The minimum atomic E-state index is 0.0753. The molecule has 3 rings (SSSR count). The van der Waals surface area contributed by atoms with Crippen LogP contribution in [0.4, 0.5) is 5.69 Å². The maximum Gasteiger partial charge on any atom is 0.123 e. The third kappa shape index (κ3) is 4.19. The molecule has 25 heavy (non-hydrogen) atoms. The molecule has 2 heterocycles. The Kier molecular flexibility index (Phi) is 5.35. The van der Waals surface area contributed by atoms with Gasteiger partial charge in [-0.25, -0.2) is 0 Å². The fourth-order valence-corrected chi connectivity index (χ4v) is 2.76. The molecule has 0 radical (unpaired) electrons. The van der Waals surface area contributed by atoms with Gasteiger partial charge in [0, 0.05) is 30.2 Å². The van der Waals surface area contributed by atoms with E-state index in [-0.39, 0.29) is 12.6 Å². The minimum Gasteiger partial charge on any atom is -0.496 e. The lowest BCUT2D eigenvalue weighted by molar-refractivity contribution is 0.269. The van der Waals surface area contributed by atoms with Gasteiger partial charge < -0.3 is 15.2 Å². The maximum atomic E-state index is 8.97. The summed E-state index contributed by atoms with van der Waals surface area (Å²) in [5, 5.41) is 20.9. The number of aliphatic hydroxyl groups excluding tert-OH is 1. The zero-order valence-electron chi connectivity index (χ0n) is 14.5. The highest BCUT2D eigenvalue weighted by Gasteiger charge is 2.11. The molecule has 0 aliphatic heterocycles. The molecule has 0 spiro atoms. The first-order valence-corrected chi connectivity index (χ1v) is 8.23. The third-order valence-corrected chi connectivity index (χ3v) is 4.04. The van der Waals surface area contributed by atoms with E-state index in [1.165, 1.54) is 0 Å². The Hall–Kier alpha value is -2.80. The molecule has 1 unspecified atom stereocenters. The minimum absolute atomic E-state index is 0.0753. The van der Waals surface area contributed by atoms with Crippen molar-refractivity contribution < 1.29 is 9.84 Å². The molecule has 1 aromatic carbocycles. The standard InChI is InChI=1S/C18H23N5O2/c1-14(21-17-11-20-23(13-17)8-9-24)15-4-5-18(25-2)16(10-15)12-22-7-3-6-19-22/h3-7,10-11,13-14,21,24H,8-9,12H2,1-2H3. The van der Waals surface area contributed by atoms with E-state index in [1.807, 2.05) is 29.2 Å². The van der Waals surface area contributed by atoms with E-state index < -0.39 is 0 Å². The lowest BCUT2D eigenvalue weighted by Gasteiger charge is -2.17. The highest BCUT2D eigenvalue weighted by molar-refractivity contribution is 5.44. The molecule has 7 nitrogen and oxygen atoms in total. The van der Waals surface area contributed by atoms with Crippen molar-refractivity contribution in [2.75, 3.05) is 19.0 Å². The van der Waals surface area contributed by atoms with Crippen LogP contribution in [0.2, 0.25) is 0 Å². The number of aromatic nitrogens is 4. The number of ether oxygens (including phenoxy) is 1. The van der Waals surface area contributed by atoms with Crippen molar-refractivity contribution in [3.63, 3.8) is 0 Å². The Balaban J connectivity index is 1.76. The first-order valence-electron chi connectivity index (χ1n) is 8.23. The van der Waals surface area contributed by atoms with Crippen LogP contribution in [0, 0.1) is 0 Å². The van der Waals surface area contributed by atoms with E-state index in [9.17, 15) is 0 Å². The largest absolute Gasteiger partial charge is 0.496 e. The van der Waals surface area contributed by atoms with Crippen LogP contribution in [0.3, 0.4) is 0 Å². The zero-order valence-corrected chi connectivity index (χ0v) is 14.5. The summed E-state index contributed by atoms with van der Waals surface area (Å²) in [5.74, 6) is 0.849. The van der Waals surface area contributed by atoms with Crippen LogP contribution in [0.5, 0.6) is 5.75 Å². The van der Waals surface area contributed by atoms with Crippen LogP contribution < -0.4 is 10.1 Å². The molecule has 0 aliphatic rings. The Bertz CT molecular complexity index is 798. The van der Waals surface area contributed by atoms with Crippen LogP contribution >= 0.6 is 0 Å². The topological polar surface area (TPSA) is 77.1 Å². The number of anilines is 1. The molecule has 1 atom stereocenters. The van der Waals surface area contributed by atoms with Crippen LogP contribution in [0.15, 0.2) is 49.1 Å². The fourth-order valence-electron chi connectivity index (χ4n) is 2.76. The first-order chi connectivity index (χ1) is 12.2. The molecular formula is C18H23N5O2. The van der Waals surface area contributed by atoms with Gasteiger partial charge in [0.25, 0.3) is 0 Å². The van der Waals surface area contributed by atoms with Crippen molar-refractivity contribution in [2.45, 2.75) is 26.1 Å². The summed E-state index contributed by atoms with van der Waals surface area (Å²) in [6, 6.07) is 8.19. The molecule has 132 valence electrons. The van der Waals surface area contributed by atoms with Crippen molar-refractivity contribution >= 4 is 5.69 Å². The number of benzene rings is 1. The van der Waals surface area contributed by atoms with E-state index in [2.05, 4.69) is 34.6 Å². The summed E-state index contributed by atoms with van der Waals surface area (Å²) in [6.07, 6.45) is 7.36. The summed E-state index contributed by atoms with van der Waals surface area (Å²) in [6.45, 7) is 3.33. The average Bonchev–Trinajstić information content (AvgIpc) is 3.27. The average molecular weight is 341 g/mol. The summed E-state index contributed by atoms with van der Waals surface area (Å²) < 4.78 is 9.07. The summed E-state index contributed by atoms with van der Waals surface area (Å²) in [5.41, 5.74) is 3.15. The van der Waals surface area contributed by atoms with E-state index >= 15 is 0 Å². The first kappa shape index (κ1) is 17.0. The van der Waals surface area contributed by atoms with Gasteiger partial charge in [-0.15, -0.1) is 0 Å². The lowest BCUT2D eigenvalue weighted by Crippen LogP contribution is -2.09. The highest BCUT2D eigenvalue weighted by atomic mass is 16.5. The van der Waals surface area contributed by atoms with Gasteiger partial charge in [0.1, 0.15) is 5.75 Å². The van der Waals surface area contributed by atoms with Gasteiger partial charge in [-0.05, 0) is 30.7 Å². The predicted molar refractivity (Wildman–Crippen MR) is 95.7 cm³/mol. The smallest absolute Gasteiger partial charge is 0.123 e. The summed E-state index contributed by atoms with van der Waals surface area (Å²) >= 11 is 0. The second-order valence-corrected chi connectivity index (χ2v) is 5.86. The fraction of sp³-hybridized carbons (Fsp3) is 0.333. The zero-order chi connectivity index (χ0) is 17.6. The van der Waals surface area contributed by atoms with Gasteiger partial charge in [0.05, 0.1) is 38.7 Å². The number of nitrogens with one attached hydrogen (secondary N) is 1. The SMILES string of the molecule is COc1ccc(C(C)Nc2cnn(CCO)c2)cc1Cn1cccn1. The van der Waals surface area contributed by atoms with Gasteiger partial charge in [0.2, 0.25) is 0 Å². The van der Waals surface area contributed by atoms with Crippen molar-refractivity contribution in [3.05, 3.63) is 60.2 Å². The number of nitrogens with zero attached hydrogens (tertiary/aromatic N) is 4. The van der Waals surface area contributed by atoms with Crippen molar-refractivity contribution in [1.29, 1.82) is 0 Å². The lowest BCUT2D eigenvalue weighted by atomic mass is 10.0. The normalized spacial score (nSPS) is 12.1. The maximum absolute atomic E-state index is 8.97. The number of aliphatic hydroxyl groups is 1. The molecule has 0 fully saturated rings. The van der Waals surface area contributed by atoms with E-state index in [4.69, 9.17) is 9.84 Å². The van der Waals surface area contributed by atoms with Gasteiger partial charge >= 0.3 is 0 Å². The van der Waals surface area contributed by atoms with E-state index in [1.54, 1.807) is 24.2 Å². The quantitative estimate of drug-likeness (QED) is 0.657. The molecule has 2 aromatic heterocycles. The highest BCUT2D eigenvalue weighted by Crippen LogP contribution is 2.26. The van der Waals surface area contributed by atoms with E-state index in [0.717, 1.165) is 22.6 Å². The van der Waals surface area contributed by atoms with Gasteiger partial charge in [-0.1, -0.05) is 6.07 Å². The number of hydrogen-bond acceptors (Lipinski definition) is 5. The molecule has 0 bridgehead atoms. The van der Waals surface area contributed by atoms with Crippen molar-refractivity contribution in [3.8, 4) is 5.75 Å². The van der Waals surface area contributed by atoms with Crippen molar-refractivity contribution in [1.82, 2.24) is 19.6 Å². The van der Waals surface area contributed by atoms with Gasteiger partial charge in [-0.2, -0.15) is 10.2 Å². The third-order valence-electron chi connectivity index (χ3n) is 4.04. The molecule has 0 saturated heterocycles. The monoisotopic (exact) mass is 341 g/mol. The number of hydrogen-bond donors (Lipinski definition) is 2. The van der Waals surface area contributed by atoms with Crippen LogP contribution in [0.25, 0.3) is 0 Å². The number of methoxy groups -OCH3 is 1. The summed E-state index contributed by atoms with van der Waals surface area (Å²) in [7, 11) is 1.68. The second kappa shape index (κ2) is 7.85. The summed E-state index contributed by atoms with van der Waals surface area (Å²) in [4.78, 5) is 0.